The lowest BCUT2D eigenvalue weighted by molar-refractivity contribution is -0.134. The maximum absolute atomic E-state index is 11.8. The fourth-order valence-electron chi connectivity index (χ4n) is 1.98. The van der Waals surface area contributed by atoms with Gasteiger partial charge in [-0.05, 0) is 39.0 Å². The Morgan fingerprint density at radius 1 is 1.43 bits per heavy atom. The minimum atomic E-state index is 0.322. The third kappa shape index (κ3) is 3.49. The zero-order valence-corrected chi connectivity index (χ0v) is 9.72. The van der Waals surface area contributed by atoms with Crippen molar-refractivity contribution in [3.05, 3.63) is 0 Å². The number of halogens is 1. The fraction of sp³-hybridized carbons (Fsp3) is 0.909. The van der Waals surface area contributed by atoms with Crippen LogP contribution in [0.4, 0.5) is 0 Å². The number of nitrogens with zero attached hydrogens (tertiary/aromatic N) is 1. The number of alkyl halides is 1. The van der Waals surface area contributed by atoms with Crippen LogP contribution >= 0.6 is 11.6 Å². The maximum atomic E-state index is 11.8. The van der Waals surface area contributed by atoms with Gasteiger partial charge in [0.25, 0.3) is 0 Å². The van der Waals surface area contributed by atoms with Gasteiger partial charge in [0, 0.05) is 24.9 Å². The molecule has 1 heterocycles. The lowest BCUT2D eigenvalue weighted by atomic mass is 10.0. The van der Waals surface area contributed by atoms with Gasteiger partial charge in [-0.2, -0.15) is 0 Å². The van der Waals surface area contributed by atoms with Gasteiger partial charge in [-0.25, -0.2) is 0 Å². The van der Waals surface area contributed by atoms with Crippen LogP contribution < -0.4 is 0 Å². The van der Waals surface area contributed by atoms with Crippen molar-refractivity contribution >= 4 is 17.5 Å². The second-order valence-electron chi connectivity index (χ2n) is 4.08. The van der Waals surface area contributed by atoms with Crippen LogP contribution in [-0.2, 0) is 4.79 Å². The van der Waals surface area contributed by atoms with Crippen molar-refractivity contribution in [1.29, 1.82) is 0 Å². The summed E-state index contributed by atoms with van der Waals surface area (Å²) in [5.74, 6) is 0.991. The lowest BCUT2D eigenvalue weighted by Gasteiger charge is -2.33. The van der Waals surface area contributed by atoms with Gasteiger partial charge in [0.1, 0.15) is 0 Å². The Kier molecular flexibility index (Phi) is 5.31. The van der Waals surface area contributed by atoms with Gasteiger partial charge in [-0.15, -0.1) is 11.6 Å². The Balaban J connectivity index is 2.27. The van der Waals surface area contributed by atoms with Crippen molar-refractivity contribution in [3.63, 3.8) is 0 Å². The molecule has 1 amide bonds. The highest BCUT2D eigenvalue weighted by Crippen LogP contribution is 2.17. The van der Waals surface area contributed by atoms with Gasteiger partial charge in [-0.3, -0.25) is 4.79 Å². The van der Waals surface area contributed by atoms with Gasteiger partial charge in [0.05, 0.1) is 0 Å². The fourth-order valence-corrected chi connectivity index (χ4v) is 2.17. The number of rotatable bonds is 4. The third-order valence-electron chi connectivity index (χ3n) is 2.90. The predicted molar refractivity (Wildman–Crippen MR) is 59.6 cm³/mol. The Bertz CT molecular complexity index is 184. The topological polar surface area (TPSA) is 20.3 Å². The smallest absolute Gasteiger partial charge is 0.222 e. The first-order chi connectivity index (χ1) is 6.75. The van der Waals surface area contributed by atoms with E-state index in [1.165, 1.54) is 19.3 Å². The van der Waals surface area contributed by atoms with Crippen LogP contribution in [0.25, 0.3) is 0 Å². The molecule has 1 saturated heterocycles. The molecule has 1 unspecified atom stereocenters. The second kappa shape index (κ2) is 6.28. The number of likely N-dealkylation sites (tertiary alicyclic amines) is 1. The van der Waals surface area contributed by atoms with Crippen LogP contribution in [0.3, 0.4) is 0 Å². The standard InChI is InChI=1S/C11H20ClNO/c1-10-6-3-5-9-13(10)11(14)7-2-4-8-12/h10H,2-9H2,1H3. The number of unbranched alkanes of at least 4 members (excludes halogenated alkanes) is 1. The molecule has 82 valence electrons. The van der Waals surface area contributed by atoms with Gasteiger partial charge >= 0.3 is 0 Å². The molecule has 0 radical (unpaired) electrons. The van der Waals surface area contributed by atoms with Crippen molar-refractivity contribution < 1.29 is 4.79 Å². The first-order valence-corrected chi connectivity index (χ1v) is 6.14. The average molecular weight is 218 g/mol. The number of hydrogen-bond donors (Lipinski definition) is 0. The van der Waals surface area contributed by atoms with Crippen LogP contribution in [0.15, 0.2) is 0 Å². The van der Waals surface area contributed by atoms with E-state index in [1.54, 1.807) is 0 Å². The Morgan fingerprint density at radius 3 is 2.86 bits per heavy atom. The molecule has 0 aromatic rings. The molecular weight excluding hydrogens is 198 g/mol. The van der Waals surface area contributed by atoms with E-state index in [1.807, 2.05) is 4.90 Å². The molecular formula is C11H20ClNO. The van der Waals surface area contributed by atoms with Crippen molar-refractivity contribution in [2.45, 2.75) is 51.5 Å². The summed E-state index contributed by atoms with van der Waals surface area (Å²) in [5, 5.41) is 0. The molecule has 2 nitrogen and oxygen atoms in total. The molecule has 0 aromatic heterocycles. The SMILES string of the molecule is CC1CCCCN1C(=O)CCCCCl. The Morgan fingerprint density at radius 2 is 2.21 bits per heavy atom. The molecule has 0 saturated carbocycles. The summed E-state index contributed by atoms with van der Waals surface area (Å²) in [6.45, 7) is 3.11. The first kappa shape index (κ1) is 11.8. The minimum Gasteiger partial charge on any atom is -0.340 e. The monoisotopic (exact) mass is 217 g/mol. The van der Waals surface area contributed by atoms with Crippen LogP contribution in [0.5, 0.6) is 0 Å². The molecule has 0 N–H and O–H groups in total. The molecule has 0 aliphatic carbocycles. The van der Waals surface area contributed by atoms with E-state index in [9.17, 15) is 4.79 Å². The summed E-state index contributed by atoms with van der Waals surface area (Å²) in [6.07, 6.45) is 6.18. The van der Waals surface area contributed by atoms with E-state index in [4.69, 9.17) is 11.6 Å². The van der Waals surface area contributed by atoms with E-state index in [0.717, 1.165) is 19.4 Å². The summed E-state index contributed by atoms with van der Waals surface area (Å²) in [4.78, 5) is 13.8. The first-order valence-electron chi connectivity index (χ1n) is 5.61. The highest BCUT2D eigenvalue weighted by molar-refractivity contribution is 6.17. The maximum Gasteiger partial charge on any atom is 0.222 e. The van der Waals surface area contributed by atoms with E-state index < -0.39 is 0 Å². The molecule has 1 rings (SSSR count). The number of carbonyl (C=O) groups excluding carboxylic acids is 1. The van der Waals surface area contributed by atoms with E-state index >= 15 is 0 Å². The summed E-state index contributed by atoms with van der Waals surface area (Å²) in [6, 6.07) is 0.451. The summed E-state index contributed by atoms with van der Waals surface area (Å²) in [5.41, 5.74) is 0. The lowest BCUT2D eigenvalue weighted by Crippen LogP contribution is -2.41. The summed E-state index contributed by atoms with van der Waals surface area (Å²) >= 11 is 5.57. The van der Waals surface area contributed by atoms with Crippen LogP contribution in [0.2, 0.25) is 0 Å². The number of piperidine rings is 1. The molecule has 1 aliphatic heterocycles. The molecule has 1 fully saturated rings. The molecule has 14 heavy (non-hydrogen) atoms. The quantitative estimate of drug-likeness (QED) is 0.524. The summed E-state index contributed by atoms with van der Waals surface area (Å²) in [7, 11) is 0. The predicted octanol–water partition coefficient (Wildman–Crippen LogP) is 2.80. The van der Waals surface area contributed by atoms with Crippen molar-refractivity contribution in [3.8, 4) is 0 Å². The number of carbonyl (C=O) groups is 1. The normalized spacial score (nSPS) is 22.4. The number of hydrogen-bond acceptors (Lipinski definition) is 1. The number of amides is 1. The third-order valence-corrected chi connectivity index (χ3v) is 3.16. The van der Waals surface area contributed by atoms with Gasteiger partial charge in [0.2, 0.25) is 5.91 Å². The van der Waals surface area contributed by atoms with Crippen molar-refractivity contribution in [2.24, 2.45) is 0 Å². The zero-order valence-electron chi connectivity index (χ0n) is 8.97. The minimum absolute atomic E-state index is 0.322. The zero-order chi connectivity index (χ0) is 10.4. The largest absolute Gasteiger partial charge is 0.340 e. The molecule has 1 atom stereocenters. The van der Waals surface area contributed by atoms with Crippen LogP contribution in [0.1, 0.15) is 45.4 Å². The molecule has 3 heteroatoms. The molecule has 0 aromatic carbocycles. The molecule has 0 spiro atoms. The highest BCUT2D eigenvalue weighted by atomic mass is 35.5. The van der Waals surface area contributed by atoms with Gasteiger partial charge in [0.15, 0.2) is 0 Å². The van der Waals surface area contributed by atoms with E-state index in [-0.39, 0.29) is 0 Å². The Labute approximate surface area is 91.6 Å². The van der Waals surface area contributed by atoms with E-state index in [0.29, 0.717) is 24.2 Å². The van der Waals surface area contributed by atoms with Gasteiger partial charge in [-0.1, -0.05) is 0 Å². The highest BCUT2D eigenvalue weighted by Gasteiger charge is 2.22. The molecule has 1 aliphatic rings. The van der Waals surface area contributed by atoms with Crippen LogP contribution in [-0.4, -0.2) is 29.3 Å². The van der Waals surface area contributed by atoms with E-state index in [2.05, 4.69) is 6.92 Å². The summed E-state index contributed by atoms with van der Waals surface area (Å²) < 4.78 is 0. The van der Waals surface area contributed by atoms with Crippen molar-refractivity contribution in [2.75, 3.05) is 12.4 Å². The van der Waals surface area contributed by atoms with Crippen molar-refractivity contribution in [1.82, 2.24) is 4.90 Å². The molecule has 0 bridgehead atoms. The van der Waals surface area contributed by atoms with Gasteiger partial charge < -0.3 is 4.90 Å². The van der Waals surface area contributed by atoms with Crippen LogP contribution in [0, 0.1) is 0 Å². The second-order valence-corrected chi connectivity index (χ2v) is 4.46. The average Bonchev–Trinajstić information content (AvgIpc) is 2.18. The Hall–Kier alpha value is -0.240.